The normalized spacial score (nSPS) is 12.7. The molecule has 1 aromatic heterocycles. The van der Waals surface area contributed by atoms with Gasteiger partial charge in [-0.25, -0.2) is 4.79 Å². The lowest BCUT2D eigenvalue weighted by molar-refractivity contribution is -0.137. The minimum absolute atomic E-state index is 0.0992. The highest BCUT2D eigenvalue weighted by Gasteiger charge is 2.33. The quantitative estimate of drug-likeness (QED) is 0.640. The summed E-state index contributed by atoms with van der Waals surface area (Å²) in [6.45, 7) is 0.130. The van der Waals surface area contributed by atoms with Crippen LogP contribution in [0, 0.1) is 0 Å². The first-order chi connectivity index (χ1) is 12.9. The van der Waals surface area contributed by atoms with Crippen molar-refractivity contribution in [2.75, 3.05) is 7.11 Å². The maximum Gasteiger partial charge on any atom is 0.416 e. The van der Waals surface area contributed by atoms with Crippen LogP contribution in [0.15, 0.2) is 48.5 Å². The van der Waals surface area contributed by atoms with E-state index in [1.54, 1.807) is 6.07 Å². The molecule has 4 nitrogen and oxygen atoms in total. The fraction of sp³-hybridized carbons (Fsp3) is 0.150. The Balaban J connectivity index is 1.97. The molecule has 1 N–H and O–H groups in total. The van der Waals surface area contributed by atoms with Crippen LogP contribution in [-0.2, 0) is 17.5 Å². The standard InChI is InChI=1S/C20H14F3NO3/c1-26-19(25)18-16(11-5-4-6-12(9-11)20(21,22)23)14-10-27-15-8-3-2-7-13(15)17(14)24-18/h2-9,24H,10H2,1H3. The van der Waals surface area contributed by atoms with Crippen molar-refractivity contribution >= 4 is 5.97 Å². The number of benzene rings is 2. The second kappa shape index (κ2) is 6.19. The van der Waals surface area contributed by atoms with E-state index in [1.807, 2.05) is 18.2 Å². The molecule has 0 fully saturated rings. The summed E-state index contributed by atoms with van der Waals surface area (Å²) in [6, 6.07) is 12.1. The molecule has 0 saturated heterocycles. The lowest BCUT2D eigenvalue weighted by Gasteiger charge is -2.19. The molecular weight excluding hydrogens is 359 g/mol. The van der Waals surface area contributed by atoms with E-state index in [4.69, 9.17) is 9.47 Å². The average molecular weight is 373 g/mol. The third-order valence-corrected chi connectivity index (χ3v) is 4.50. The number of hydrogen-bond donors (Lipinski definition) is 1. The molecule has 0 atom stereocenters. The molecule has 4 rings (SSSR count). The molecule has 0 bridgehead atoms. The predicted molar refractivity (Wildman–Crippen MR) is 92.3 cm³/mol. The Bertz CT molecular complexity index is 1040. The molecule has 0 spiro atoms. The van der Waals surface area contributed by atoms with E-state index in [-0.39, 0.29) is 17.9 Å². The summed E-state index contributed by atoms with van der Waals surface area (Å²) < 4.78 is 50.0. The highest BCUT2D eigenvalue weighted by Crippen LogP contribution is 2.43. The first-order valence-corrected chi connectivity index (χ1v) is 8.13. The summed E-state index contributed by atoms with van der Waals surface area (Å²) in [6.07, 6.45) is -4.49. The number of fused-ring (bicyclic) bond motifs is 3. The van der Waals surface area contributed by atoms with E-state index < -0.39 is 17.7 Å². The molecule has 0 unspecified atom stereocenters. The van der Waals surface area contributed by atoms with Crippen molar-refractivity contribution in [3.05, 3.63) is 65.4 Å². The number of aromatic amines is 1. The largest absolute Gasteiger partial charge is 0.488 e. The van der Waals surface area contributed by atoms with Crippen LogP contribution >= 0.6 is 0 Å². The number of alkyl halides is 3. The van der Waals surface area contributed by atoms with Crippen LogP contribution in [0.1, 0.15) is 21.6 Å². The molecule has 7 heteroatoms. The lowest BCUT2D eigenvalue weighted by Crippen LogP contribution is -2.07. The van der Waals surface area contributed by atoms with Gasteiger partial charge in [0.25, 0.3) is 0 Å². The Morgan fingerprint density at radius 2 is 1.93 bits per heavy atom. The smallest absolute Gasteiger partial charge is 0.416 e. The average Bonchev–Trinajstić information content (AvgIpc) is 3.07. The third kappa shape index (κ3) is 2.85. The number of carbonyl (C=O) groups excluding carboxylic acids is 1. The van der Waals surface area contributed by atoms with E-state index in [0.717, 1.165) is 17.7 Å². The van der Waals surface area contributed by atoms with Gasteiger partial charge in [-0.15, -0.1) is 0 Å². The van der Waals surface area contributed by atoms with E-state index in [0.29, 0.717) is 22.6 Å². The number of ether oxygens (including phenoxy) is 2. The molecule has 0 amide bonds. The van der Waals surface area contributed by atoms with Gasteiger partial charge in [0.15, 0.2) is 0 Å². The van der Waals surface area contributed by atoms with Crippen LogP contribution in [0.25, 0.3) is 22.4 Å². The Labute approximate surface area is 152 Å². The topological polar surface area (TPSA) is 51.3 Å². The number of methoxy groups -OCH3 is 1. The molecule has 2 aromatic carbocycles. The fourth-order valence-corrected chi connectivity index (χ4v) is 3.29. The van der Waals surface area contributed by atoms with Crippen molar-refractivity contribution in [3.63, 3.8) is 0 Å². The van der Waals surface area contributed by atoms with Crippen molar-refractivity contribution in [2.45, 2.75) is 12.8 Å². The van der Waals surface area contributed by atoms with Gasteiger partial charge in [0.2, 0.25) is 0 Å². The van der Waals surface area contributed by atoms with Gasteiger partial charge in [0.1, 0.15) is 18.1 Å². The van der Waals surface area contributed by atoms with Crippen molar-refractivity contribution in [3.8, 4) is 28.1 Å². The molecular formula is C20H14F3NO3. The zero-order chi connectivity index (χ0) is 19.2. The predicted octanol–water partition coefficient (Wildman–Crippen LogP) is 5.05. The van der Waals surface area contributed by atoms with Crippen LogP contribution in [0.5, 0.6) is 5.75 Å². The third-order valence-electron chi connectivity index (χ3n) is 4.50. The van der Waals surface area contributed by atoms with Gasteiger partial charge in [-0.1, -0.05) is 24.3 Å². The van der Waals surface area contributed by atoms with Crippen LogP contribution < -0.4 is 4.74 Å². The summed E-state index contributed by atoms with van der Waals surface area (Å²) in [7, 11) is 1.22. The van der Waals surface area contributed by atoms with Gasteiger partial charge < -0.3 is 14.5 Å². The molecule has 138 valence electrons. The zero-order valence-corrected chi connectivity index (χ0v) is 14.2. The summed E-state index contributed by atoms with van der Waals surface area (Å²) in [5.41, 5.74) is 1.94. The zero-order valence-electron chi connectivity index (χ0n) is 14.2. The van der Waals surface area contributed by atoms with Crippen molar-refractivity contribution < 1.29 is 27.4 Å². The van der Waals surface area contributed by atoms with Gasteiger partial charge in [-0.2, -0.15) is 13.2 Å². The molecule has 0 radical (unpaired) electrons. The first-order valence-electron chi connectivity index (χ1n) is 8.13. The Kier molecular flexibility index (Phi) is 3.95. The fourth-order valence-electron chi connectivity index (χ4n) is 3.29. The van der Waals surface area contributed by atoms with Crippen molar-refractivity contribution in [1.29, 1.82) is 0 Å². The first kappa shape index (κ1) is 17.2. The Hall–Kier alpha value is -3.22. The summed E-state index contributed by atoms with van der Waals surface area (Å²) in [4.78, 5) is 15.3. The van der Waals surface area contributed by atoms with Gasteiger partial charge in [-0.3, -0.25) is 0 Å². The van der Waals surface area contributed by atoms with Gasteiger partial charge >= 0.3 is 12.1 Å². The summed E-state index contributed by atoms with van der Waals surface area (Å²) >= 11 is 0. The number of H-pyrrole nitrogens is 1. The number of para-hydroxylation sites is 1. The number of nitrogens with one attached hydrogen (secondary N) is 1. The highest BCUT2D eigenvalue weighted by atomic mass is 19.4. The molecule has 0 aliphatic carbocycles. The van der Waals surface area contributed by atoms with Gasteiger partial charge in [-0.05, 0) is 29.8 Å². The molecule has 3 aromatic rings. The maximum absolute atomic E-state index is 13.1. The van der Waals surface area contributed by atoms with Crippen LogP contribution in [-0.4, -0.2) is 18.1 Å². The Morgan fingerprint density at radius 1 is 1.15 bits per heavy atom. The number of esters is 1. The van der Waals surface area contributed by atoms with E-state index in [2.05, 4.69) is 4.98 Å². The van der Waals surface area contributed by atoms with Gasteiger partial charge in [0, 0.05) is 16.7 Å². The lowest BCUT2D eigenvalue weighted by atomic mass is 9.95. The molecule has 1 aliphatic heterocycles. The summed E-state index contributed by atoms with van der Waals surface area (Å²) in [5.74, 6) is -0.0208. The van der Waals surface area contributed by atoms with E-state index in [9.17, 15) is 18.0 Å². The molecule has 1 aliphatic rings. The molecule has 27 heavy (non-hydrogen) atoms. The summed E-state index contributed by atoms with van der Waals surface area (Å²) in [5, 5.41) is 0. The SMILES string of the molecule is COC(=O)c1[nH]c2c(c1-c1cccc(C(F)(F)F)c1)COc1ccccc1-2. The van der Waals surface area contributed by atoms with Crippen molar-refractivity contribution in [1.82, 2.24) is 4.98 Å². The van der Waals surface area contributed by atoms with E-state index in [1.165, 1.54) is 19.2 Å². The number of halogens is 3. The van der Waals surface area contributed by atoms with Crippen LogP contribution in [0.4, 0.5) is 13.2 Å². The monoisotopic (exact) mass is 373 g/mol. The number of carbonyl (C=O) groups is 1. The number of rotatable bonds is 2. The maximum atomic E-state index is 13.1. The minimum Gasteiger partial charge on any atom is -0.488 e. The van der Waals surface area contributed by atoms with Crippen LogP contribution in [0.2, 0.25) is 0 Å². The second-order valence-electron chi connectivity index (χ2n) is 6.08. The highest BCUT2D eigenvalue weighted by molar-refractivity contribution is 6.00. The minimum atomic E-state index is -4.49. The number of aromatic nitrogens is 1. The molecule has 2 heterocycles. The second-order valence-corrected chi connectivity index (χ2v) is 6.08. The van der Waals surface area contributed by atoms with Crippen LogP contribution in [0.3, 0.4) is 0 Å². The van der Waals surface area contributed by atoms with Gasteiger partial charge in [0.05, 0.1) is 18.4 Å². The van der Waals surface area contributed by atoms with E-state index >= 15 is 0 Å². The number of hydrogen-bond acceptors (Lipinski definition) is 3. The molecule has 0 saturated carbocycles. The van der Waals surface area contributed by atoms with Crippen molar-refractivity contribution in [2.24, 2.45) is 0 Å². The Morgan fingerprint density at radius 3 is 2.67 bits per heavy atom.